The number of aliphatic hydroxyl groups is 1. The fourth-order valence-electron chi connectivity index (χ4n) is 1.52. The Balaban J connectivity index is 2.11. The molecule has 0 spiro atoms. The second-order valence-corrected chi connectivity index (χ2v) is 3.91. The molecule has 2 heteroatoms. The van der Waals surface area contributed by atoms with E-state index in [0.29, 0.717) is 6.54 Å². The number of benzene rings is 1. The number of nitrogens with one attached hydrogen (secondary N) is 1. The summed E-state index contributed by atoms with van der Waals surface area (Å²) >= 11 is 0. The minimum atomic E-state index is -0.200. The van der Waals surface area contributed by atoms with Gasteiger partial charge in [0, 0.05) is 13.1 Å². The van der Waals surface area contributed by atoms with Crippen molar-refractivity contribution in [2.75, 3.05) is 6.54 Å². The lowest BCUT2D eigenvalue weighted by molar-refractivity contribution is 0.158. The van der Waals surface area contributed by atoms with E-state index in [-0.39, 0.29) is 6.10 Å². The molecule has 0 aromatic heterocycles. The predicted molar refractivity (Wildman–Crippen MR) is 63.7 cm³/mol. The lowest BCUT2D eigenvalue weighted by Crippen LogP contribution is -2.26. The van der Waals surface area contributed by atoms with Crippen LogP contribution in [0.1, 0.15) is 31.7 Å². The highest BCUT2D eigenvalue weighted by Crippen LogP contribution is 2.00. The van der Waals surface area contributed by atoms with Crippen molar-refractivity contribution in [1.29, 1.82) is 0 Å². The van der Waals surface area contributed by atoms with Crippen molar-refractivity contribution in [2.24, 2.45) is 0 Å². The van der Waals surface area contributed by atoms with Crippen LogP contribution in [-0.2, 0) is 6.54 Å². The fraction of sp³-hybridized carbons (Fsp3) is 0.538. The number of hydrogen-bond acceptors (Lipinski definition) is 2. The molecule has 0 heterocycles. The summed E-state index contributed by atoms with van der Waals surface area (Å²) in [5.74, 6) is 0. The van der Waals surface area contributed by atoms with Gasteiger partial charge in [-0.3, -0.25) is 0 Å². The van der Waals surface area contributed by atoms with Gasteiger partial charge in [0.2, 0.25) is 0 Å². The first-order valence-electron chi connectivity index (χ1n) is 5.75. The van der Waals surface area contributed by atoms with Crippen molar-refractivity contribution in [3.63, 3.8) is 0 Å². The van der Waals surface area contributed by atoms with Crippen LogP contribution in [0.4, 0.5) is 0 Å². The molecule has 0 aliphatic heterocycles. The Morgan fingerprint density at radius 1 is 1.27 bits per heavy atom. The van der Waals surface area contributed by atoms with Gasteiger partial charge in [-0.25, -0.2) is 0 Å². The zero-order chi connectivity index (χ0) is 10.9. The van der Waals surface area contributed by atoms with Gasteiger partial charge < -0.3 is 10.4 Å². The molecule has 1 aromatic rings. The van der Waals surface area contributed by atoms with Crippen LogP contribution >= 0.6 is 0 Å². The zero-order valence-corrected chi connectivity index (χ0v) is 9.45. The highest BCUT2D eigenvalue weighted by molar-refractivity contribution is 5.14. The molecule has 0 amide bonds. The predicted octanol–water partition coefficient (Wildman–Crippen LogP) is 2.33. The average molecular weight is 207 g/mol. The van der Waals surface area contributed by atoms with Crippen LogP contribution in [0, 0.1) is 0 Å². The summed E-state index contributed by atoms with van der Waals surface area (Å²) in [4.78, 5) is 0. The van der Waals surface area contributed by atoms with Crippen LogP contribution < -0.4 is 5.32 Å². The first-order valence-corrected chi connectivity index (χ1v) is 5.75. The minimum absolute atomic E-state index is 0.200. The molecule has 1 atom stereocenters. The lowest BCUT2D eigenvalue weighted by Gasteiger charge is -2.11. The Morgan fingerprint density at radius 2 is 2.00 bits per heavy atom. The monoisotopic (exact) mass is 207 g/mol. The normalized spacial score (nSPS) is 12.7. The summed E-state index contributed by atoms with van der Waals surface area (Å²) in [6.45, 7) is 3.67. The van der Waals surface area contributed by atoms with E-state index >= 15 is 0 Å². The van der Waals surface area contributed by atoms with Gasteiger partial charge in [0.15, 0.2) is 0 Å². The molecule has 1 rings (SSSR count). The number of unbranched alkanes of at least 4 members (excludes halogenated alkanes) is 1. The third-order valence-corrected chi connectivity index (χ3v) is 2.44. The maximum absolute atomic E-state index is 9.60. The van der Waals surface area contributed by atoms with Gasteiger partial charge in [-0.15, -0.1) is 0 Å². The third-order valence-electron chi connectivity index (χ3n) is 2.44. The Hall–Kier alpha value is -0.860. The van der Waals surface area contributed by atoms with Gasteiger partial charge >= 0.3 is 0 Å². The molecular weight excluding hydrogens is 186 g/mol. The summed E-state index contributed by atoms with van der Waals surface area (Å²) in [5, 5.41) is 12.9. The van der Waals surface area contributed by atoms with E-state index in [1.165, 1.54) is 5.56 Å². The topological polar surface area (TPSA) is 32.3 Å². The molecule has 0 bridgehead atoms. The summed E-state index contributed by atoms with van der Waals surface area (Å²) in [6, 6.07) is 10.3. The average Bonchev–Trinajstić information content (AvgIpc) is 2.28. The standard InChI is InChI=1S/C13H21NO/c1-2-3-9-13(15)11-14-10-12-7-5-4-6-8-12/h4-8,13-15H,2-3,9-11H2,1H3. The Labute approximate surface area is 92.3 Å². The third kappa shape index (κ3) is 5.55. The maximum Gasteiger partial charge on any atom is 0.0664 e. The van der Waals surface area contributed by atoms with Crippen molar-refractivity contribution in [2.45, 2.75) is 38.8 Å². The summed E-state index contributed by atoms with van der Waals surface area (Å²) < 4.78 is 0. The second-order valence-electron chi connectivity index (χ2n) is 3.91. The van der Waals surface area contributed by atoms with Crippen LogP contribution in [0.25, 0.3) is 0 Å². The smallest absolute Gasteiger partial charge is 0.0664 e. The van der Waals surface area contributed by atoms with Crippen molar-refractivity contribution in [1.82, 2.24) is 5.32 Å². The molecule has 2 nitrogen and oxygen atoms in total. The Morgan fingerprint density at radius 3 is 2.67 bits per heavy atom. The van der Waals surface area contributed by atoms with Gasteiger partial charge in [0.1, 0.15) is 0 Å². The number of hydrogen-bond donors (Lipinski definition) is 2. The summed E-state index contributed by atoms with van der Waals surface area (Å²) in [6.07, 6.45) is 2.95. The van der Waals surface area contributed by atoms with Gasteiger partial charge in [-0.05, 0) is 12.0 Å². The van der Waals surface area contributed by atoms with Crippen LogP contribution in [0.2, 0.25) is 0 Å². The van der Waals surface area contributed by atoms with Crippen LogP contribution in [0.5, 0.6) is 0 Å². The summed E-state index contributed by atoms with van der Waals surface area (Å²) in [5.41, 5.74) is 1.26. The highest BCUT2D eigenvalue weighted by atomic mass is 16.3. The van der Waals surface area contributed by atoms with Crippen LogP contribution in [-0.4, -0.2) is 17.8 Å². The first kappa shape index (κ1) is 12.2. The molecular formula is C13H21NO. The molecule has 0 saturated carbocycles. The molecule has 0 radical (unpaired) electrons. The van der Waals surface area contributed by atoms with Gasteiger partial charge in [0.05, 0.1) is 6.10 Å². The van der Waals surface area contributed by atoms with Crippen molar-refractivity contribution in [3.05, 3.63) is 35.9 Å². The van der Waals surface area contributed by atoms with Crippen molar-refractivity contribution >= 4 is 0 Å². The first-order chi connectivity index (χ1) is 7.33. The number of rotatable bonds is 7. The molecule has 1 aromatic carbocycles. The SMILES string of the molecule is CCCCC(O)CNCc1ccccc1. The van der Waals surface area contributed by atoms with Crippen molar-refractivity contribution < 1.29 is 5.11 Å². The fourth-order valence-corrected chi connectivity index (χ4v) is 1.52. The molecule has 0 fully saturated rings. The Bertz CT molecular complexity index is 248. The van der Waals surface area contributed by atoms with Gasteiger partial charge in [0.25, 0.3) is 0 Å². The lowest BCUT2D eigenvalue weighted by atomic mass is 10.1. The quantitative estimate of drug-likeness (QED) is 0.719. The molecule has 2 N–H and O–H groups in total. The maximum atomic E-state index is 9.60. The molecule has 15 heavy (non-hydrogen) atoms. The highest BCUT2D eigenvalue weighted by Gasteiger charge is 2.01. The number of aliphatic hydroxyl groups excluding tert-OH is 1. The van der Waals surface area contributed by atoms with E-state index in [9.17, 15) is 5.11 Å². The minimum Gasteiger partial charge on any atom is -0.392 e. The van der Waals surface area contributed by atoms with Crippen molar-refractivity contribution in [3.8, 4) is 0 Å². The van der Waals surface area contributed by atoms with E-state index < -0.39 is 0 Å². The van der Waals surface area contributed by atoms with E-state index in [2.05, 4.69) is 24.4 Å². The molecule has 0 aliphatic rings. The van der Waals surface area contributed by atoms with Gasteiger partial charge in [-0.2, -0.15) is 0 Å². The Kier molecular flexibility index (Phi) is 6.05. The van der Waals surface area contributed by atoms with Gasteiger partial charge in [-0.1, -0.05) is 50.1 Å². The van der Waals surface area contributed by atoms with E-state index in [4.69, 9.17) is 0 Å². The second kappa shape index (κ2) is 7.43. The van der Waals surface area contributed by atoms with E-state index in [1.54, 1.807) is 0 Å². The molecule has 0 aliphatic carbocycles. The largest absolute Gasteiger partial charge is 0.392 e. The summed E-state index contributed by atoms with van der Waals surface area (Å²) in [7, 11) is 0. The van der Waals surface area contributed by atoms with E-state index in [1.807, 2.05) is 18.2 Å². The van der Waals surface area contributed by atoms with Crippen LogP contribution in [0.15, 0.2) is 30.3 Å². The molecule has 84 valence electrons. The zero-order valence-electron chi connectivity index (χ0n) is 9.45. The van der Waals surface area contributed by atoms with E-state index in [0.717, 1.165) is 25.8 Å². The molecule has 0 saturated heterocycles. The van der Waals surface area contributed by atoms with Crippen LogP contribution in [0.3, 0.4) is 0 Å². The molecule has 1 unspecified atom stereocenters.